The van der Waals surface area contributed by atoms with Gasteiger partial charge in [-0.1, -0.05) is 12.1 Å². The number of amides is 1. The van der Waals surface area contributed by atoms with Gasteiger partial charge in [-0.3, -0.25) is 4.79 Å². The minimum absolute atomic E-state index is 0.233. The van der Waals surface area contributed by atoms with Crippen molar-refractivity contribution in [2.45, 2.75) is 5.79 Å². The molecule has 1 spiro atoms. The molecule has 3 heterocycles. The molecule has 0 atom stereocenters. The van der Waals surface area contributed by atoms with E-state index in [0.717, 1.165) is 21.7 Å². The zero-order valence-electron chi connectivity index (χ0n) is 10.0. The molecular formula is C14H11NO3S. The van der Waals surface area contributed by atoms with Crippen LogP contribution < -0.4 is 5.32 Å². The van der Waals surface area contributed by atoms with Crippen LogP contribution in [0.1, 0.15) is 5.56 Å². The topological polar surface area (TPSA) is 47.6 Å². The standard InChI is InChI=1S/C14H11NO3S/c16-13-14(17-5-6-18-14)10-8-9(3-4-11(10)15-13)12-2-1-7-19-12/h1-4,7-8H,5-6H2,(H,15,16). The highest BCUT2D eigenvalue weighted by atomic mass is 32.1. The van der Waals surface area contributed by atoms with Gasteiger partial charge in [0.2, 0.25) is 0 Å². The van der Waals surface area contributed by atoms with E-state index in [4.69, 9.17) is 9.47 Å². The van der Waals surface area contributed by atoms with E-state index in [9.17, 15) is 4.79 Å². The number of benzene rings is 1. The minimum atomic E-state index is -1.23. The fraction of sp³-hybridized carbons (Fsp3) is 0.214. The molecule has 1 amide bonds. The highest BCUT2D eigenvalue weighted by Gasteiger charge is 2.52. The molecule has 0 saturated carbocycles. The van der Waals surface area contributed by atoms with Crippen molar-refractivity contribution in [2.75, 3.05) is 18.5 Å². The predicted octanol–water partition coefficient (Wildman–Crippen LogP) is 2.57. The molecule has 5 heteroatoms. The molecule has 0 bridgehead atoms. The smallest absolute Gasteiger partial charge is 0.289 e. The second-order valence-corrected chi connectivity index (χ2v) is 5.45. The average Bonchev–Trinajstić information content (AvgIpc) is 3.15. The number of rotatable bonds is 1. The van der Waals surface area contributed by atoms with Gasteiger partial charge < -0.3 is 14.8 Å². The summed E-state index contributed by atoms with van der Waals surface area (Å²) in [7, 11) is 0. The molecule has 2 aromatic rings. The fourth-order valence-corrected chi connectivity index (χ4v) is 3.27. The van der Waals surface area contributed by atoms with Crippen LogP contribution in [0.5, 0.6) is 0 Å². The summed E-state index contributed by atoms with van der Waals surface area (Å²) in [6.07, 6.45) is 0. The van der Waals surface area contributed by atoms with Gasteiger partial charge in [0.25, 0.3) is 11.7 Å². The third kappa shape index (κ3) is 1.49. The molecule has 4 rings (SSSR count). The maximum absolute atomic E-state index is 12.1. The predicted molar refractivity (Wildman–Crippen MR) is 72.0 cm³/mol. The van der Waals surface area contributed by atoms with E-state index < -0.39 is 5.79 Å². The second-order valence-electron chi connectivity index (χ2n) is 4.51. The van der Waals surface area contributed by atoms with Crippen LogP contribution in [0, 0.1) is 0 Å². The summed E-state index contributed by atoms with van der Waals surface area (Å²) in [4.78, 5) is 13.3. The Morgan fingerprint density at radius 2 is 2.05 bits per heavy atom. The Morgan fingerprint density at radius 3 is 2.79 bits per heavy atom. The molecule has 1 aromatic carbocycles. The lowest BCUT2D eigenvalue weighted by Gasteiger charge is -2.19. The van der Waals surface area contributed by atoms with Crippen molar-refractivity contribution in [2.24, 2.45) is 0 Å². The van der Waals surface area contributed by atoms with E-state index in [1.165, 1.54) is 0 Å². The van der Waals surface area contributed by atoms with Crippen LogP contribution in [-0.2, 0) is 20.1 Å². The van der Waals surface area contributed by atoms with Gasteiger partial charge in [-0.05, 0) is 29.1 Å². The molecule has 0 aliphatic carbocycles. The maximum atomic E-state index is 12.1. The molecule has 1 N–H and O–H groups in total. The van der Waals surface area contributed by atoms with Crippen LogP contribution >= 0.6 is 11.3 Å². The van der Waals surface area contributed by atoms with Crippen molar-refractivity contribution in [1.29, 1.82) is 0 Å². The maximum Gasteiger partial charge on any atom is 0.289 e. The van der Waals surface area contributed by atoms with E-state index in [1.807, 2.05) is 29.6 Å². The van der Waals surface area contributed by atoms with Crippen LogP contribution in [0.3, 0.4) is 0 Å². The second kappa shape index (κ2) is 3.90. The van der Waals surface area contributed by atoms with Crippen LogP contribution in [0.2, 0.25) is 0 Å². The van der Waals surface area contributed by atoms with Gasteiger partial charge >= 0.3 is 0 Å². The Balaban J connectivity index is 1.87. The van der Waals surface area contributed by atoms with Crippen molar-refractivity contribution in [3.05, 3.63) is 41.3 Å². The fourth-order valence-electron chi connectivity index (χ4n) is 2.55. The summed E-state index contributed by atoms with van der Waals surface area (Å²) >= 11 is 1.67. The number of anilines is 1. The molecule has 0 radical (unpaired) electrons. The number of nitrogens with one attached hydrogen (secondary N) is 1. The lowest BCUT2D eigenvalue weighted by atomic mass is 10.0. The molecule has 1 aromatic heterocycles. The van der Waals surface area contributed by atoms with Gasteiger partial charge in [-0.15, -0.1) is 11.3 Å². The SMILES string of the molecule is O=C1Nc2ccc(-c3cccs3)cc2C12OCCO2. The van der Waals surface area contributed by atoms with Crippen molar-refractivity contribution in [1.82, 2.24) is 0 Å². The lowest BCUT2D eigenvalue weighted by molar-refractivity contribution is -0.178. The Labute approximate surface area is 114 Å². The average molecular weight is 273 g/mol. The molecular weight excluding hydrogens is 262 g/mol. The molecule has 4 nitrogen and oxygen atoms in total. The molecule has 1 fully saturated rings. The number of thiophene rings is 1. The van der Waals surface area contributed by atoms with E-state index in [1.54, 1.807) is 11.3 Å². The lowest BCUT2D eigenvalue weighted by Crippen LogP contribution is -2.35. The molecule has 0 unspecified atom stereocenters. The first-order valence-corrected chi connectivity index (χ1v) is 6.95. The highest BCUT2D eigenvalue weighted by molar-refractivity contribution is 7.13. The number of ether oxygens (including phenoxy) is 2. The summed E-state index contributed by atoms with van der Waals surface area (Å²) in [6.45, 7) is 0.881. The van der Waals surface area contributed by atoms with Crippen molar-refractivity contribution in [3.63, 3.8) is 0 Å². The van der Waals surface area contributed by atoms with E-state index in [-0.39, 0.29) is 5.91 Å². The largest absolute Gasteiger partial charge is 0.336 e. The molecule has 1 saturated heterocycles. The zero-order valence-corrected chi connectivity index (χ0v) is 10.8. The van der Waals surface area contributed by atoms with Crippen LogP contribution in [0.15, 0.2) is 35.7 Å². The van der Waals surface area contributed by atoms with E-state index in [2.05, 4.69) is 11.4 Å². The van der Waals surface area contributed by atoms with Crippen LogP contribution in [-0.4, -0.2) is 19.1 Å². The van der Waals surface area contributed by atoms with Gasteiger partial charge in [0.15, 0.2) is 0 Å². The summed E-state index contributed by atoms with van der Waals surface area (Å²) in [5.41, 5.74) is 2.62. The summed E-state index contributed by atoms with van der Waals surface area (Å²) in [5.74, 6) is -1.47. The third-order valence-corrected chi connectivity index (χ3v) is 4.34. The third-order valence-electron chi connectivity index (χ3n) is 3.42. The Hall–Kier alpha value is -1.69. The van der Waals surface area contributed by atoms with Gasteiger partial charge in [-0.2, -0.15) is 0 Å². The molecule has 2 aliphatic heterocycles. The molecule has 96 valence electrons. The van der Waals surface area contributed by atoms with Crippen molar-refractivity contribution < 1.29 is 14.3 Å². The molecule has 2 aliphatic rings. The van der Waals surface area contributed by atoms with Crippen LogP contribution in [0.25, 0.3) is 10.4 Å². The van der Waals surface area contributed by atoms with Gasteiger partial charge in [0.05, 0.1) is 18.9 Å². The summed E-state index contributed by atoms with van der Waals surface area (Å²) in [6, 6.07) is 9.94. The number of hydrogen-bond acceptors (Lipinski definition) is 4. The van der Waals surface area contributed by atoms with E-state index in [0.29, 0.717) is 13.2 Å². The van der Waals surface area contributed by atoms with Crippen LogP contribution in [0.4, 0.5) is 5.69 Å². The highest BCUT2D eigenvalue weighted by Crippen LogP contribution is 2.44. The Kier molecular flexibility index (Phi) is 2.29. The van der Waals surface area contributed by atoms with Gasteiger partial charge in [-0.25, -0.2) is 0 Å². The first-order valence-electron chi connectivity index (χ1n) is 6.07. The Bertz CT molecular complexity index is 645. The Morgan fingerprint density at radius 1 is 1.21 bits per heavy atom. The zero-order chi connectivity index (χ0) is 12.9. The van der Waals surface area contributed by atoms with E-state index >= 15 is 0 Å². The first-order chi connectivity index (χ1) is 9.29. The minimum Gasteiger partial charge on any atom is -0.336 e. The number of hydrogen-bond donors (Lipinski definition) is 1. The van der Waals surface area contributed by atoms with Gasteiger partial charge in [0.1, 0.15) is 0 Å². The number of fused-ring (bicyclic) bond motifs is 2. The quantitative estimate of drug-likeness (QED) is 0.868. The summed E-state index contributed by atoms with van der Waals surface area (Å²) < 4.78 is 11.2. The summed E-state index contributed by atoms with van der Waals surface area (Å²) in [5, 5.41) is 4.85. The van der Waals surface area contributed by atoms with Gasteiger partial charge in [0, 0.05) is 10.4 Å². The first kappa shape index (κ1) is 11.2. The van der Waals surface area contributed by atoms with Crippen molar-refractivity contribution >= 4 is 22.9 Å². The monoisotopic (exact) mass is 273 g/mol. The molecule has 19 heavy (non-hydrogen) atoms. The number of carbonyl (C=O) groups is 1. The number of carbonyl (C=O) groups excluding carboxylic acids is 1. The normalized spacial score (nSPS) is 19.7. The van der Waals surface area contributed by atoms with Crippen molar-refractivity contribution in [3.8, 4) is 10.4 Å².